The minimum absolute atomic E-state index is 0.0425. The molecule has 0 spiro atoms. The lowest BCUT2D eigenvalue weighted by atomic mass is 9.89. The summed E-state index contributed by atoms with van der Waals surface area (Å²) in [5, 5.41) is 0.940. The van der Waals surface area contributed by atoms with Crippen molar-refractivity contribution in [1.29, 1.82) is 0 Å². The van der Waals surface area contributed by atoms with Gasteiger partial charge in [-0.15, -0.1) is 0 Å². The molecule has 4 heteroatoms. The highest BCUT2D eigenvalue weighted by Crippen LogP contribution is 2.24. The van der Waals surface area contributed by atoms with Gasteiger partial charge in [-0.05, 0) is 48.0 Å². The fourth-order valence-corrected chi connectivity index (χ4v) is 2.77. The minimum atomic E-state index is -0.436. The van der Waals surface area contributed by atoms with Crippen LogP contribution in [0.25, 0.3) is 10.9 Å². The van der Waals surface area contributed by atoms with E-state index in [1.165, 1.54) is 0 Å². The first-order valence-electron chi connectivity index (χ1n) is 8.29. The van der Waals surface area contributed by atoms with Gasteiger partial charge >= 0.3 is 0 Å². The van der Waals surface area contributed by atoms with Gasteiger partial charge < -0.3 is 10.7 Å². The zero-order valence-electron chi connectivity index (χ0n) is 14.7. The fraction of sp³-hybridized carbons (Fsp3) is 0.238. The fourth-order valence-electron chi connectivity index (χ4n) is 2.77. The van der Waals surface area contributed by atoms with E-state index >= 15 is 0 Å². The SMILES string of the molecule is CC(C)(C)C(=O)c1cc2cc(CC(=O)c3ccc(N)cc3)ccc2[nH]1. The molecule has 0 aliphatic heterocycles. The number of ketones is 2. The number of H-pyrrole nitrogens is 1. The molecule has 0 saturated carbocycles. The van der Waals surface area contributed by atoms with Crippen LogP contribution in [0.15, 0.2) is 48.5 Å². The predicted molar refractivity (Wildman–Crippen MR) is 101 cm³/mol. The largest absolute Gasteiger partial charge is 0.399 e. The van der Waals surface area contributed by atoms with Crippen molar-refractivity contribution in [1.82, 2.24) is 4.98 Å². The molecular weight excluding hydrogens is 312 g/mol. The van der Waals surface area contributed by atoms with Crippen molar-refractivity contribution in [2.45, 2.75) is 27.2 Å². The first-order chi connectivity index (χ1) is 11.7. The topological polar surface area (TPSA) is 75.9 Å². The number of carbonyl (C=O) groups excluding carboxylic acids is 2. The van der Waals surface area contributed by atoms with Crippen LogP contribution in [0.5, 0.6) is 0 Å². The molecule has 0 aliphatic rings. The van der Waals surface area contributed by atoms with E-state index < -0.39 is 5.41 Å². The maximum Gasteiger partial charge on any atom is 0.184 e. The van der Waals surface area contributed by atoms with Crippen molar-refractivity contribution in [3.8, 4) is 0 Å². The summed E-state index contributed by atoms with van der Waals surface area (Å²) in [6, 6.07) is 14.6. The number of fused-ring (bicyclic) bond motifs is 1. The molecule has 0 amide bonds. The number of hydrogen-bond donors (Lipinski definition) is 2. The summed E-state index contributed by atoms with van der Waals surface area (Å²) in [5.41, 5.74) is 8.93. The van der Waals surface area contributed by atoms with E-state index in [0.29, 0.717) is 23.4 Å². The molecule has 3 N–H and O–H groups in total. The number of nitrogens with two attached hydrogens (primary N) is 1. The molecule has 0 saturated heterocycles. The van der Waals surface area contributed by atoms with E-state index in [0.717, 1.165) is 16.5 Å². The van der Waals surface area contributed by atoms with Gasteiger partial charge in [0.1, 0.15) is 0 Å². The van der Waals surface area contributed by atoms with Crippen LogP contribution in [0.3, 0.4) is 0 Å². The summed E-state index contributed by atoms with van der Waals surface area (Å²) in [6.07, 6.45) is 0.313. The Labute approximate surface area is 147 Å². The average Bonchev–Trinajstić information content (AvgIpc) is 2.96. The first-order valence-corrected chi connectivity index (χ1v) is 8.29. The van der Waals surface area contributed by atoms with Gasteiger partial charge in [-0.1, -0.05) is 26.8 Å². The molecule has 4 nitrogen and oxygen atoms in total. The van der Waals surface area contributed by atoms with Crippen molar-refractivity contribution >= 4 is 28.2 Å². The van der Waals surface area contributed by atoms with E-state index in [9.17, 15) is 9.59 Å². The normalized spacial score (nSPS) is 11.6. The molecule has 3 rings (SSSR count). The summed E-state index contributed by atoms with van der Waals surface area (Å²) in [6.45, 7) is 5.70. The van der Waals surface area contributed by atoms with Crippen LogP contribution in [0, 0.1) is 5.41 Å². The number of Topliss-reactive ketones (excluding diaryl/α,β-unsaturated/α-hetero) is 2. The van der Waals surface area contributed by atoms with Crippen LogP contribution in [0.1, 0.15) is 47.2 Å². The number of aromatic nitrogens is 1. The number of carbonyl (C=O) groups is 2. The van der Waals surface area contributed by atoms with Crippen molar-refractivity contribution < 1.29 is 9.59 Å². The van der Waals surface area contributed by atoms with Crippen molar-refractivity contribution in [2.75, 3.05) is 5.73 Å². The Bertz CT molecular complexity index is 944. The maximum absolute atomic E-state index is 12.4. The number of benzene rings is 2. The molecule has 0 fully saturated rings. The summed E-state index contributed by atoms with van der Waals surface area (Å²) >= 11 is 0. The monoisotopic (exact) mass is 334 g/mol. The third-order valence-electron chi connectivity index (χ3n) is 4.21. The van der Waals surface area contributed by atoms with Gasteiger partial charge in [0.05, 0.1) is 5.69 Å². The smallest absolute Gasteiger partial charge is 0.184 e. The molecule has 3 aromatic rings. The van der Waals surface area contributed by atoms with Crippen LogP contribution in [-0.2, 0) is 6.42 Å². The molecule has 0 atom stereocenters. The number of rotatable bonds is 4. The van der Waals surface area contributed by atoms with Crippen molar-refractivity contribution in [2.24, 2.45) is 5.41 Å². The molecule has 128 valence electrons. The molecule has 0 radical (unpaired) electrons. The van der Waals surface area contributed by atoms with Crippen molar-refractivity contribution in [3.63, 3.8) is 0 Å². The van der Waals surface area contributed by atoms with Gasteiger partial charge in [0.2, 0.25) is 0 Å². The molecule has 25 heavy (non-hydrogen) atoms. The van der Waals surface area contributed by atoms with Gasteiger partial charge in [0.25, 0.3) is 0 Å². The third-order valence-corrected chi connectivity index (χ3v) is 4.21. The standard InChI is InChI=1S/C21H22N2O2/c1-21(2,3)20(25)18-12-15-10-13(4-9-17(15)23-18)11-19(24)14-5-7-16(22)8-6-14/h4-10,12,23H,11,22H2,1-3H3. The minimum Gasteiger partial charge on any atom is -0.399 e. The second-order valence-electron chi connectivity index (χ2n) is 7.41. The van der Waals surface area contributed by atoms with E-state index in [1.807, 2.05) is 45.0 Å². The lowest BCUT2D eigenvalue weighted by molar-refractivity contribution is 0.0853. The Morgan fingerprint density at radius 2 is 1.68 bits per heavy atom. The van der Waals surface area contributed by atoms with Crippen molar-refractivity contribution in [3.05, 3.63) is 65.4 Å². The summed E-state index contributed by atoms with van der Waals surface area (Å²) in [5.74, 6) is 0.115. The lowest BCUT2D eigenvalue weighted by Crippen LogP contribution is -2.20. The Morgan fingerprint density at radius 1 is 1.00 bits per heavy atom. The maximum atomic E-state index is 12.4. The molecule has 0 unspecified atom stereocenters. The molecular formula is C21H22N2O2. The molecule has 2 aromatic carbocycles. The van der Waals surface area contributed by atoms with Gasteiger partial charge in [-0.3, -0.25) is 9.59 Å². The highest BCUT2D eigenvalue weighted by atomic mass is 16.1. The van der Waals surface area contributed by atoms with Crippen LogP contribution in [-0.4, -0.2) is 16.6 Å². The first kappa shape index (κ1) is 17.0. The Hall–Kier alpha value is -2.88. The Balaban J connectivity index is 1.85. The van der Waals surface area contributed by atoms with Crippen LogP contribution in [0.4, 0.5) is 5.69 Å². The second-order valence-corrected chi connectivity index (χ2v) is 7.41. The van der Waals surface area contributed by atoms with Crippen LogP contribution < -0.4 is 5.73 Å². The lowest BCUT2D eigenvalue weighted by Gasteiger charge is -2.14. The van der Waals surface area contributed by atoms with Gasteiger partial charge in [0.15, 0.2) is 11.6 Å². The number of anilines is 1. The predicted octanol–water partition coefficient (Wildman–Crippen LogP) is 4.40. The molecule has 1 aromatic heterocycles. The molecule has 1 heterocycles. The van der Waals surface area contributed by atoms with Crippen LogP contribution >= 0.6 is 0 Å². The second kappa shape index (κ2) is 6.20. The zero-order valence-corrected chi connectivity index (χ0v) is 14.7. The number of nitrogen functional groups attached to an aromatic ring is 1. The third kappa shape index (κ3) is 3.63. The van der Waals surface area contributed by atoms with E-state index in [4.69, 9.17) is 5.73 Å². The van der Waals surface area contributed by atoms with Crippen LogP contribution in [0.2, 0.25) is 0 Å². The van der Waals surface area contributed by atoms with E-state index in [-0.39, 0.29) is 11.6 Å². The highest BCUT2D eigenvalue weighted by molar-refractivity contribution is 6.02. The molecule has 0 aliphatic carbocycles. The number of nitrogens with one attached hydrogen (secondary N) is 1. The summed E-state index contributed by atoms with van der Waals surface area (Å²) < 4.78 is 0. The highest BCUT2D eigenvalue weighted by Gasteiger charge is 2.24. The zero-order chi connectivity index (χ0) is 18.2. The number of hydrogen-bond acceptors (Lipinski definition) is 3. The van der Waals surface area contributed by atoms with Gasteiger partial charge in [-0.25, -0.2) is 0 Å². The average molecular weight is 334 g/mol. The quantitative estimate of drug-likeness (QED) is 0.548. The van der Waals surface area contributed by atoms with E-state index in [2.05, 4.69) is 4.98 Å². The number of aromatic amines is 1. The summed E-state index contributed by atoms with van der Waals surface area (Å²) in [4.78, 5) is 28.0. The van der Waals surface area contributed by atoms with Gasteiger partial charge in [0, 0.05) is 34.0 Å². The Morgan fingerprint density at radius 3 is 2.32 bits per heavy atom. The Kier molecular flexibility index (Phi) is 4.21. The van der Waals surface area contributed by atoms with Gasteiger partial charge in [-0.2, -0.15) is 0 Å². The van der Waals surface area contributed by atoms with E-state index in [1.54, 1.807) is 24.3 Å². The summed E-state index contributed by atoms with van der Waals surface area (Å²) in [7, 11) is 0. The molecule has 0 bridgehead atoms.